The number of nitrogens with zero attached hydrogens (tertiary/aromatic N) is 5. The van der Waals surface area contributed by atoms with Gasteiger partial charge in [-0.1, -0.05) is 12.1 Å². The van der Waals surface area contributed by atoms with E-state index in [0.717, 1.165) is 37.6 Å². The second-order valence-electron chi connectivity index (χ2n) is 6.42. The number of rotatable bonds is 3. The maximum atomic E-state index is 12.8. The number of carbonyl (C=O) groups is 1. The third-order valence-corrected chi connectivity index (χ3v) is 4.82. The van der Waals surface area contributed by atoms with E-state index in [4.69, 9.17) is 0 Å². The quantitative estimate of drug-likeness (QED) is 0.613. The molecule has 0 N–H and O–H groups in total. The Bertz CT molecular complexity index is 681. The molecule has 1 aromatic carbocycles. The molecule has 3 rings (SSSR count). The highest BCUT2D eigenvalue weighted by atomic mass is 16.1. The van der Waals surface area contributed by atoms with Gasteiger partial charge >= 0.3 is 0 Å². The van der Waals surface area contributed by atoms with Gasteiger partial charge in [-0.25, -0.2) is 0 Å². The first-order valence-corrected chi connectivity index (χ1v) is 8.18. The Morgan fingerprint density at radius 1 is 1.04 bits per heavy atom. The van der Waals surface area contributed by atoms with E-state index < -0.39 is 0 Å². The van der Waals surface area contributed by atoms with E-state index in [1.54, 1.807) is 0 Å². The summed E-state index contributed by atoms with van der Waals surface area (Å²) in [7, 11) is 5.89. The predicted octanol–water partition coefficient (Wildman–Crippen LogP) is 1.12. The Morgan fingerprint density at radius 2 is 1.58 bits per heavy atom. The molecule has 1 saturated heterocycles. The van der Waals surface area contributed by atoms with Crippen molar-refractivity contribution in [2.45, 2.75) is 0 Å². The number of ketones is 1. The number of Topliss-reactive ketones (excluding diaryl/α,β-unsaturated/α-hetero) is 1. The summed E-state index contributed by atoms with van der Waals surface area (Å²) < 4.78 is 0. The lowest BCUT2D eigenvalue weighted by Crippen LogP contribution is -2.46. The zero-order valence-corrected chi connectivity index (χ0v) is 14.5. The lowest BCUT2D eigenvalue weighted by Gasteiger charge is -2.32. The number of carbonyl (C=O) groups excluding carboxylic acids is 1. The number of para-hydroxylation sites is 2. The highest BCUT2D eigenvalue weighted by molar-refractivity contribution is 6.03. The van der Waals surface area contributed by atoms with Crippen LogP contribution < -0.4 is 9.80 Å². The Hall–Kier alpha value is -2.36. The van der Waals surface area contributed by atoms with Gasteiger partial charge < -0.3 is 14.7 Å². The number of fused-ring (bicyclic) bond motifs is 1. The highest BCUT2D eigenvalue weighted by Crippen LogP contribution is 2.40. The molecule has 0 radical (unpaired) electrons. The van der Waals surface area contributed by atoms with Crippen molar-refractivity contribution >= 4 is 17.2 Å². The Morgan fingerprint density at radius 3 is 2.08 bits per heavy atom. The fourth-order valence-corrected chi connectivity index (χ4v) is 3.35. The summed E-state index contributed by atoms with van der Waals surface area (Å²) in [5.74, 6) is 0.557. The van der Waals surface area contributed by atoms with Crippen LogP contribution in [0.2, 0.25) is 0 Å². The minimum atomic E-state index is -0.108. The average Bonchev–Trinajstić information content (AvgIpc) is 2.83. The molecule has 0 atom stereocenters. The number of likely N-dealkylation sites (N-methyl/N-ethyl adjacent to an activating group) is 1. The van der Waals surface area contributed by atoms with Crippen molar-refractivity contribution in [3.63, 3.8) is 0 Å². The molecule has 2 heterocycles. The molecule has 0 spiro atoms. The standard InChI is InChI=1S/C18H23N5O/c1-20-8-10-23(11-9-20)13-17(24)14(12-19)18-21(2)15-6-4-5-7-16(15)22(18)3/h4-7H,8-11,13H2,1-3H3. The van der Waals surface area contributed by atoms with Crippen LogP contribution in [-0.2, 0) is 4.79 Å². The van der Waals surface area contributed by atoms with E-state index in [1.807, 2.05) is 48.2 Å². The maximum Gasteiger partial charge on any atom is 0.191 e. The van der Waals surface area contributed by atoms with Crippen molar-refractivity contribution in [3.8, 4) is 6.07 Å². The van der Waals surface area contributed by atoms with E-state index in [-0.39, 0.29) is 11.4 Å². The van der Waals surface area contributed by atoms with Crippen LogP contribution in [0.25, 0.3) is 0 Å². The molecular formula is C18H23N5O. The molecule has 2 aliphatic rings. The van der Waals surface area contributed by atoms with Gasteiger partial charge in [0.2, 0.25) is 0 Å². The van der Waals surface area contributed by atoms with Crippen LogP contribution in [0.3, 0.4) is 0 Å². The van der Waals surface area contributed by atoms with Crippen molar-refractivity contribution in [3.05, 3.63) is 35.7 Å². The molecule has 1 aromatic rings. The van der Waals surface area contributed by atoms with Gasteiger partial charge in [0.25, 0.3) is 0 Å². The van der Waals surface area contributed by atoms with Gasteiger partial charge in [-0.2, -0.15) is 5.26 Å². The zero-order valence-electron chi connectivity index (χ0n) is 14.5. The Balaban J connectivity index is 1.84. The first kappa shape index (κ1) is 16.5. The van der Waals surface area contributed by atoms with Gasteiger partial charge in [-0.05, 0) is 19.2 Å². The molecule has 0 aromatic heterocycles. The number of anilines is 2. The lowest BCUT2D eigenvalue weighted by atomic mass is 10.1. The smallest absolute Gasteiger partial charge is 0.191 e. The van der Waals surface area contributed by atoms with Crippen LogP contribution in [0.1, 0.15) is 0 Å². The van der Waals surface area contributed by atoms with Crippen LogP contribution in [0.4, 0.5) is 11.4 Å². The normalized spacial score (nSPS) is 18.5. The summed E-state index contributed by atoms with van der Waals surface area (Å²) in [6, 6.07) is 10.1. The van der Waals surface area contributed by atoms with E-state index in [9.17, 15) is 10.1 Å². The topological polar surface area (TPSA) is 53.8 Å². The molecule has 6 heteroatoms. The SMILES string of the molecule is CN1CCN(CC(=O)C(C#N)=C2N(C)c3ccccc3N2C)CC1. The molecule has 2 aliphatic heterocycles. The summed E-state index contributed by atoms with van der Waals surface area (Å²) in [5, 5.41) is 9.63. The van der Waals surface area contributed by atoms with Gasteiger partial charge in [0.15, 0.2) is 5.78 Å². The van der Waals surface area contributed by atoms with Crippen molar-refractivity contribution in [1.82, 2.24) is 9.80 Å². The summed E-state index contributed by atoms with van der Waals surface area (Å²) in [6.45, 7) is 3.94. The number of hydrogen-bond acceptors (Lipinski definition) is 6. The molecular weight excluding hydrogens is 302 g/mol. The van der Waals surface area contributed by atoms with Crippen molar-refractivity contribution in [2.75, 3.05) is 63.7 Å². The van der Waals surface area contributed by atoms with E-state index in [0.29, 0.717) is 12.4 Å². The van der Waals surface area contributed by atoms with Crippen LogP contribution >= 0.6 is 0 Å². The van der Waals surface area contributed by atoms with E-state index >= 15 is 0 Å². The molecule has 0 saturated carbocycles. The third kappa shape index (κ3) is 2.88. The van der Waals surface area contributed by atoms with E-state index in [2.05, 4.69) is 22.9 Å². The molecule has 0 aliphatic carbocycles. The molecule has 1 fully saturated rings. The Kier molecular flexibility index (Phi) is 4.56. The minimum absolute atomic E-state index is 0.108. The summed E-state index contributed by atoms with van der Waals surface area (Å²) in [4.78, 5) is 21.0. The van der Waals surface area contributed by atoms with Crippen LogP contribution in [0.15, 0.2) is 35.7 Å². The second-order valence-corrected chi connectivity index (χ2v) is 6.42. The highest BCUT2D eigenvalue weighted by Gasteiger charge is 2.31. The molecule has 0 unspecified atom stereocenters. The molecule has 126 valence electrons. The predicted molar refractivity (Wildman–Crippen MR) is 94.8 cm³/mol. The Labute approximate surface area is 143 Å². The maximum absolute atomic E-state index is 12.8. The van der Waals surface area contributed by atoms with Crippen LogP contribution in [-0.4, -0.2) is 69.4 Å². The number of benzene rings is 1. The molecule has 6 nitrogen and oxygen atoms in total. The monoisotopic (exact) mass is 325 g/mol. The molecule has 0 bridgehead atoms. The number of piperazine rings is 1. The first-order valence-electron chi connectivity index (χ1n) is 8.18. The largest absolute Gasteiger partial charge is 0.328 e. The minimum Gasteiger partial charge on any atom is -0.328 e. The third-order valence-electron chi connectivity index (χ3n) is 4.82. The van der Waals surface area contributed by atoms with Crippen molar-refractivity contribution in [2.24, 2.45) is 0 Å². The number of hydrogen-bond donors (Lipinski definition) is 0. The van der Waals surface area contributed by atoms with Gasteiger partial charge in [-0.15, -0.1) is 0 Å². The fourth-order valence-electron chi connectivity index (χ4n) is 3.35. The summed E-state index contributed by atoms with van der Waals surface area (Å²) in [6.07, 6.45) is 0. The zero-order chi connectivity index (χ0) is 17.3. The van der Waals surface area contributed by atoms with Gasteiger partial charge in [0, 0.05) is 40.3 Å². The van der Waals surface area contributed by atoms with Crippen molar-refractivity contribution in [1.29, 1.82) is 5.26 Å². The lowest BCUT2D eigenvalue weighted by molar-refractivity contribution is -0.116. The van der Waals surface area contributed by atoms with Gasteiger partial charge in [0.05, 0.1) is 17.9 Å². The second kappa shape index (κ2) is 6.63. The fraction of sp³-hybridized carbons (Fsp3) is 0.444. The van der Waals surface area contributed by atoms with E-state index in [1.165, 1.54) is 0 Å². The summed E-state index contributed by atoms with van der Waals surface area (Å²) >= 11 is 0. The first-order chi connectivity index (χ1) is 11.5. The van der Waals surface area contributed by atoms with Crippen molar-refractivity contribution < 1.29 is 4.79 Å². The van der Waals surface area contributed by atoms with Crippen LogP contribution in [0, 0.1) is 11.3 Å². The molecule has 24 heavy (non-hydrogen) atoms. The van der Waals surface area contributed by atoms with Gasteiger partial charge in [-0.3, -0.25) is 9.69 Å². The average molecular weight is 325 g/mol. The van der Waals surface area contributed by atoms with Gasteiger partial charge in [0.1, 0.15) is 17.5 Å². The summed E-state index contributed by atoms with van der Waals surface area (Å²) in [5.41, 5.74) is 2.25. The number of nitriles is 1. The van der Waals surface area contributed by atoms with Crippen LogP contribution in [0.5, 0.6) is 0 Å². The molecule has 0 amide bonds.